The average molecular weight is 323 g/mol. The van der Waals surface area contributed by atoms with E-state index in [-0.39, 0.29) is 10.0 Å². The van der Waals surface area contributed by atoms with Crippen LogP contribution < -0.4 is 0 Å². The van der Waals surface area contributed by atoms with E-state index in [1.807, 2.05) is 6.20 Å². The number of hydrogen-bond donors (Lipinski definition) is 0. The van der Waals surface area contributed by atoms with Gasteiger partial charge in [-0.15, -0.1) is 11.6 Å². The van der Waals surface area contributed by atoms with Gasteiger partial charge in [-0.3, -0.25) is 0 Å². The van der Waals surface area contributed by atoms with Gasteiger partial charge in [-0.05, 0) is 72.1 Å². The first-order valence-corrected chi connectivity index (χ1v) is 8.16. The van der Waals surface area contributed by atoms with E-state index < -0.39 is 0 Å². The second kappa shape index (κ2) is 5.58. The second-order valence-electron chi connectivity index (χ2n) is 6.91. The molecule has 0 saturated heterocycles. The molecule has 0 amide bonds. The summed E-state index contributed by atoms with van der Waals surface area (Å²) in [4.78, 5) is 4.03. The third-order valence-corrected chi connectivity index (χ3v) is 6.22. The molecule has 0 aromatic heterocycles. The van der Waals surface area contributed by atoms with Crippen molar-refractivity contribution in [2.45, 2.75) is 58.3 Å². The number of allylic oxidation sites excluding steroid dienone is 1. The van der Waals surface area contributed by atoms with Gasteiger partial charge >= 0.3 is 0 Å². The Kier molecular flexibility index (Phi) is 4.60. The monoisotopic (exact) mass is 321 g/mol. The van der Waals surface area contributed by atoms with Crippen molar-refractivity contribution in [3.8, 4) is 0 Å². The lowest BCUT2D eigenvalue weighted by Gasteiger charge is -2.56. The van der Waals surface area contributed by atoms with E-state index >= 15 is 0 Å². The summed E-state index contributed by atoms with van der Waals surface area (Å²) in [6.45, 7) is 7.06. The maximum absolute atomic E-state index is 6.56. The number of nitrogens with zero attached hydrogens (tertiary/aromatic N) is 1. The zero-order chi connectivity index (χ0) is 14.3. The number of rotatable bonds is 1. The van der Waals surface area contributed by atoms with E-state index in [0.717, 1.165) is 19.3 Å². The molecule has 0 aromatic rings. The smallest absolute Gasteiger partial charge is 0.196 e. The standard InChI is InChI=1S/C15H22Cl3N/c1-14(2)11-5-4-10(9-19-13(17)18)8-15(11,3)7-6-12(14)16/h9,11-12H,4-8H2,1-3H3/b10-9+/t11-,12-,15+/m0/s1. The summed E-state index contributed by atoms with van der Waals surface area (Å²) >= 11 is 17.7. The predicted molar refractivity (Wildman–Crippen MR) is 85.3 cm³/mol. The van der Waals surface area contributed by atoms with Crippen molar-refractivity contribution in [2.75, 3.05) is 0 Å². The molecule has 0 spiro atoms. The van der Waals surface area contributed by atoms with Gasteiger partial charge in [-0.25, -0.2) is 4.99 Å². The van der Waals surface area contributed by atoms with E-state index in [1.165, 1.54) is 18.4 Å². The van der Waals surface area contributed by atoms with Crippen molar-refractivity contribution in [1.82, 2.24) is 0 Å². The lowest BCUT2D eigenvalue weighted by molar-refractivity contribution is -0.0136. The number of hydrogen-bond acceptors (Lipinski definition) is 1. The van der Waals surface area contributed by atoms with Gasteiger partial charge in [0.25, 0.3) is 0 Å². The molecule has 1 nitrogen and oxygen atoms in total. The van der Waals surface area contributed by atoms with E-state index in [4.69, 9.17) is 34.8 Å². The molecule has 0 radical (unpaired) electrons. The lowest BCUT2D eigenvalue weighted by atomic mass is 9.51. The van der Waals surface area contributed by atoms with Crippen LogP contribution in [0.1, 0.15) is 52.9 Å². The SMILES string of the molecule is CC1(C)[C@@H](Cl)CC[C@]2(C)C/C(=C/N=C(Cl)Cl)CC[C@@H]12. The Balaban J connectivity index is 2.20. The summed E-state index contributed by atoms with van der Waals surface area (Å²) in [6, 6.07) is 0. The van der Waals surface area contributed by atoms with Gasteiger partial charge in [-0.1, -0.05) is 26.3 Å². The van der Waals surface area contributed by atoms with Gasteiger partial charge in [0, 0.05) is 11.6 Å². The molecular weight excluding hydrogens is 301 g/mol. The minimum absolute atomic E-state index is 0.0876. The van der Waals surface area contributed by atoms with E-state index in [9.17, 15) is 0 Å². The fraction of sp³-hybridized carbons (Fsp3) is 0.800. The van der Waals surface area contributed by atoms with Crippen LogP contribution in [-0.2, 0) is 0 Å². The largest absolute Gasteiger partial charge is 0.233 e. The van der Waals surface area contributed by atoms with Crippen LogP contribution in [0, 0.1) is 16.7 Å². The van der Waals surface area contributed by atoms with Crippen molar-refractivity contribution in [2.24, 2.45) is 21.7 Å². The van der Waals surface area contributed by atoms with Gasteiger partial charge in [0.15, 0.2) is 4.63 Å². The third-order valence-electron chi connectivity index (χ3n) is 5.25. The van der Waals surface area contributed by atoms with Gasteiger partial charge in [0.2, 0.25) is 0 Å². The van der Waals surface area contributed by atoms with Gasteiger partial charge < -0.3 is 0 Å². The fourth-order valence-corrected chi connectivity index (χ4v) is 4.60. The molecule has 0 heterocycles. The van der Waals surface area contributed by atoms with Gasteiger partial charge in [0.1, 0.15) is 0 Å². The van der Waals surface area contributed by atoms with Crippen molar-refractivity contribution in [1.29, 1.82) is 0 Å². The molecule has 19 heavy (non-hydrogen) atoms. The summed E-state index contributed by atoms with van der Waals surface area (Å²) in [7, 11) is 0. The van der Waals surface area contributed by atoms with Crippen LogP contribution >= 0.6 is 34.8 Å². The molecule has 2 aliphatic carbocycles. The molecule has 4 heteroatoms. The van der Waals surface area contributed by atoms with E-state index in [2.05, 4.69) is 25.8 Å². The maximum Gasteiger partial charge on any atom is 0.196 e. The average Bonchev–Trinajstić information content (AvgIpc) is 2.31. The Morgan fingerprint density at radius 2 is 1.95 bits per heavy atom. The zero-order valence-corrected chi connectivity index (χ0v) is 14.1. The van der Waals surface area contributed by atoms with Gasteiger partial charge in [0.05, 0.1) is 0 Å². The lowest BCUT2D eigenvalue weighted by Crippen LogP contribution is -2.49. The Hall–Kier alpha value is 0.280. The van der Waals surface area contributed by atoms with Crippen LogP contribution in [0.25, 0.3) is 0 Å². The highest BCUT2D eigenvalue weighted by Crippen LogP contribution is 2.59. The molecule has 2 rings (SSSR count). The topological polar surface area (TPSA) is 12.4 Å². The molecular formula is C15H22Cl3N. The van der Waals surface area contributed by atoms with Crippen molar-refractivity contribution in [3.63, 3.8) is 0 Å². The zero-order valence-electron chi connectivity index (χ0n) is 11.8. The van der Waals surface area contributed by atoms with Gasteiger partial charge in [-0.2, -0.15) is 0 Å². The molecule has 2 fully saturated rings. The molecule has 0 bridgehead atoms. The Morgan fingerprint density at radius 1 is 1.26 bits per heavy atom. The fourth-order valence-electron chi connectivity index (χ4n) is 4.24. The summed E-state index contributed by atoms with van der Waals surface area (Å²) in [5.74, 6) is 0.684. The van der Waals surface area contributed by atoms with Crippen LogP contribution in [-0.4, -0.2) is 10.0 Å². The molecule has 2 saturated carbocycles. The van der Waals surface area contributed by atoms with Crippen LogP contribution in [0.15, 0.2) is 16.8 Å². The van der Waals surface area contributed by atoms with Crippen LogP contribution in [0.4, 0.5) is 0 Å². The van der Waals surface area contributed by atoms with Crippen LogP contribution in [0.2, 0.25) is 0 Å². The highest BCUT2D eigenvalue weighted by atomic mass is 35.5. The summed E-state index contributed by atoms with van der Waals surface area (Å²) < 4.78 is 0.0876. The summed E-state index contributed by atoms with van der Waals surface area (Å²) in [6.07, 6.45) is 7.52. The third kappa shape index (κ3) is 3.14. The van der Waals surface area contributed by atoms with Crippen molar-refractivity contribution < 1.29 is 0 Å². The molecule has 3 atom stereocenters. The first-order valence-electron chi connectivity index (χ1n) is 6.96. The second-order valence-corrected chi connectivity index (χ2v) is 8.34. The summed E-state index contributed by atoms with van der Waals surface area (Å²) in [5, 5.41) is 0.298. The first kappa shape index (κ1) is 15.7. The number of alkyl halides is 1. The molecule has 0 aromatic carbocycles. The number of aliphatic imine (C=N–C) groups is 1. The quantitative estimate of drug-likeness (QED) is 0.418. The van der Waals surface area contributed by atoms with Crippen LogP contribution in [0.5, 0.6) is 0 Å². The molecule has 0 unspecified atom stereocenters. The van der Waals surface area contributed by atoms with Crippen LogP contribution in [0.3, 0.4) is 0 Å². The van der Waals surface area contributed by atoms with Crippen molar-refractivity contribution >= 4 is 39.4 Å². The highest BCUT2D eigenvalue weighted by Gasteiger charge is 2.51. The minimum Gasteiger partial charge on any atom is -0.233 e. The summed E-state index contributed by atoms with van der Waals surface area (Å²) in [5.41, 5.74) is 1.92. The maximum atomic E-state index is 6.56. The van der Waals surface area contributed by atoms with Crippen molar-refractivity contribution in [3.05, 3.63) is 11.8 Å². The predicted octanol–water partition coefficient (Wildman–Crippen LogP) is 5.94. The highest BCUT2D eigenvalue weighted by molar-refractivity contribution is 6.95. The number of halogens is 3. The van der Waals surface area contributed by atoms with E-state index in [0.29, 0.717) is 16.7 Å². The molecule has 2 aliphatic rings. The Bertz CT molecular complexity index is 410. The molecule has 0 N–H and O–H groups in total. The number of fused-ring (bicyclic) bond motifs is 1. The van der Waals surface area contributed by atoms with E-state index in [1.54, 1.807) is 0 Å². The normalized spacial score (nSPS) is 39.8. The Morgan fingerprint density at radius 3 is 2.58 bits per heavy atom. The minimum atomic E-state index is 0.0876. The Labute approximate surface area is 131 Å². The molecule has 108 valence electrons. The first-order chi connectivity index (χ1) is 8.75. The molecule has 0 aliphatic heterocycles.